The molecule has 1 N–H and O–H groups in total. The predicted molar refractivity (Wildman–Crippen MR) is 95.0 cm³/mol. The topological polar surface area (TPSA) is 54.7 Å². The van der Waals surface area contributed by atoms with Crippen molar-refractivity contribution in [1.82, 2.24) is 20.0 Å². The van der Waals surface area contributed by atoms with Gasteiger partial charge < -0.3 is 15.0 Å². The van der Waals surface area contributed by atoms with E-state index in [1.54, 1.807) is 0 Å². The van der Waals surface area contributed by atoms with Gasteiger partial charge in [-0.3, -0.25) is 9.67 Å². The molecule has 0 aliphatic carbocycles. The number of rotatable bonds is 4. The van der Waals surface area contributed by atoms with Crippen molar-refractivity contribution in [2.75, 3.05) is 26.7 Å². The number of halogens is 1. The molecule has 1 aliphatic rings. The third-order valence-corrected chi connectivity index (χ3v) is 3.56. The first-order valence-corrected chi connectivity index (χ1v) is 7.27. The Kier molecular flexibility index (Phi) is 8.02. The van der Waals surface area contributed by atoms with Crippen LogP contribution < -0.4 is 5.32 Å². The van der Waals surface area contributed by atoms with Crippen LogP contribution in [0.3, 0.4) is 0 Å². The van der Waals surface area contributed by atoms with E-state index in [0.29, 0.717) is 6.10 Å². The van der Waals surface area contributed by atoms with Crippen molar-refractivity contribution in [1.29, 1.82) is 0 Å². The van der Waals surface area contributed by atoms with Gasteiger partial charge in [0.25, 0.3) is 0 Å². The highest BCUT2D eigenvalue weighted by Crippen LogP contribution is 2.13. The Morgan fingerprint density at radius 1 is 1.48 bits per heavy atom. The summed E-state index contributed by atoms with van der Waals surface area (Å²) in [4.78, 5) is 6.67. The van der Waals surface area contributed by atoms with Crippen molar-refractivity contribution in [3.05, 3.63) is 18.0 Å². The summed E-state index contributed by atoms with van der Waals surface area (Å²) in [7, 11) is 3.76. The van der Waals surface area contributed by atoms with E-state index in [4.69, 9.17) is 4.74 Å². The molecule has 120 valence electrons. The minimum atomic E-state index is 0. The van der Waals surface area contributed by atoms with Crippen molar-refractivity contribution < 1.29 is 4.74 Å². The molecule has 6 nitrogen and oxygen atoms in total. The molecule has 0 atom stereocenters. The summed E-state index contributed by atoms with van der Waals surface area (Å²) in [5.41, 5.74) is 1.16. The predicted octanol–water partition coefficient (Wildman–Crippen LogP) is 1.61. The Balaban J connectivity index is 0.00000220. The molecule has 0 aromatic carbocycles. The van der Waals surface area contributed by atoms with Crippen LogP contribution >= 0.6 is 24.0 Å². The van der Waals surface area contributed by atoms with E-state index >= 15 is 0 Å². The number of aryl methyl sites for hydroxylation is 1. The van der Waals surface area contributed by atoms with Crippen LogP contribution in [-0.4, -0.2) is 53.5 Å². The van der Waals surface area contributed by atoms with Crippen LogP contribution in [0.25, 0.3) is 0 Å². The molecule has 0 unspecified atom stereocenters. The van der Waals surface area contributed by atoms with Gasteiger partial charge in [-0.05, 0) is 19.8 Å². The van der Waals surface area contributed by atoms with Crippen molar-refractivity contribution in [3.8, 4) is 0 Å². The Morgan fingerprint density at radius 2 is 2.19 bits per heavy atom. The van der Waals surface area contributed by atoms with Crippen LogP contribution in [0.15, 0.2) is 17.4 Å². The van der Waals surface area contributed by atoms with Gasteiger partial charge in [0.1, 0.15) is 0 Å². The molecule has 2 rings (SSSR count). The number of guanidine groups is 1. The summed E-state index contributed by atoms with van der Waals surface area (Å²) in [6.07, 6.45) is 6.44. The molecular formula is C14H26IN5O. The maximum absolute atomic E-state index is 5.68. The zero-order valence-corrected chi connectivity index (χ0v) is 15.4. The number of nitrogens with zero attached hydrogens (tertiary/aromatic N) is 4. The first-order chi connectivity index (χ1) is 9.72. The first kappa shape index (κ1) is 18.2. The summed E-state index contributed by atoms with van der Waals surface area (Å²) < 4.78 is 7.49. The van der Waals surface area contributed by atoms with Crippen LogP contribution in [0.2, 0.25) is 0 Å². The second-order valence-electron chi connectivity index (χ2n) is 5.06. The molecule has 1 fully saturated rings. The van der Waals surface area contributed by atoms with Gasteiger partial charge in [-0.2, -0.15) is 5.10 Å². The van der Waals surface area contributed by atoms with Crippen molar-refractivity contribution in [2.45, 2.75) is 32.4 Å². The van der Waals surface area contributed by atoms with Crippen molar-refractivity contribution in [2.24, 2.45) is 12.0 Å². The van der Waals surface area contributed by atoms with E-state index in [1.807, 2.05) is 31.2 Å². The van der Waals surface area contributed by atoms with E-state index in [0.717, 1.165) is 50.6 Å². The van der Waals surface area contributed by atoms with Crippen LogP contribution in [0.4, 0.5) is 0 Å². The normalized spacial score (nSPS) is 16.7. The Labute approximate surface area is 144 Å². The molecule has 7 heteroatoms. The SMILES string of the molecule is CCOC1CCN(C(=NC)NCc2cnn(C)c2)CC1.I. The van der Waals surface area contributed by atoms with Crippen LogP contribution in [0.5, 0.6) is 0 Å². The molecule has 0 saturated carbocycles. The van der Waals surface area contributed by atoms with Gasteiger partial charge >= 0.3 is 0 Å². The van der Waals surface area contributed by atoms with Gasteiger partial charge in [0, 0.05) is 52.1 Å². The van der Waals surface area contributed by atoms with Crippen LogP contribution in [0, 0.1) is 0 Å². The van der Waals surface area contributed by atoms with E-state index in [-0.39, 0.29) is 24.0 Å². The average Bonchev–Trinajstić information content (AvgIpc) is 2.87. The largest absolute Gasteiger partial charge is 0.378 e. The standard InChI is InChI=1S/C14H25N5O.HI/c1-4-20-13-5-7-19(8-6-13)14(15-2)16-9-12-10-17-18(3)11-12;/h10-11,13H,4-9H2,1-3H3,(H,15,16);1H. The van der Waals surface area contributed by atoms with E-state index in [9.17, 15) is 0 Å². The Hall–Kier alpha value is -0.830. The maximum Gasteiger partial charge on any atom is 0.193 e. The highest BCUT2D eigenvalue weighted by Gasteiger charge is 2.21. The van der Waals surface area contributed by atoms with Gasteiger partial charge in [0.2, 0.25) is 0 Å². The third kappa shape index (κ3) is 5.46. The minimum Gasteiger partial charge on any atom is -0.378 e. The summed E-state index contributed by atoms with van der Waals surface area (Å²) in [6, 6.07) is 0. The van der Waals surface area contributed by atoms with Crippen molar-refractivity contribution in [3.63, 3.8) is 0 Å². The highest BCUT2D eigenvalue weighted by atomic mass is 127. The smallest absolute Gasteiger partial charge is 0.193 e. The summed E-state index contributed by atoms with van der Waals surface area (Å²) in [5.74, 6) is 0.962. The fourth-order valence-corrected chi connectivity index (χ4v) is 2.55. The molecule has 0 bridgehead atoms. The van der Waals surface area contributed by atoms with E-state index in [1.165, 1.54) is 0 Å². The van der Waals surface area contributed by atoms with Crippen LogP contribution in [0.1, 0.15) is 25.3 Å². The van der Waals surface area contributed by atoms with Gasteiger partial charge in [-0.15, -0.1) is 24.0 Å². The second-order valence-corrected chi connectivity index (χ2v) is 5.06. The van der Waals surface area contributed by atoms with E-state index < -0.39 is 0 Å². The lowest BCUT2D eigenvalue weighted by Gasteiger charge is -2.34. The number of nitrogens with one attached hydrogen (secondary N) is 1. The summed E-state index contributed by atoms with van der Waals surface area (Å²) >= 11 is 0. The molecule has 0 amide bonds. The van der Waals surface area contributed by atoms with Gasteiger partial charge in [0.05, 0.1) is 12.3 Å². The quantitative estimate of drug-likeness (QED) is 0.468. The number of ether oxygens (including phenoxy) is 1. The fraction of sp³-hybridized carbons (Fsp3) is 0.714. The first-order valence-electron chi connectivity index (χ1n) is 7.27. The number of hydrogen-bond acceptors (Lipinski definition) is 3. The number of aliphatic imine (C=N–C) groups is 1. The molecule has 1 saturated heterocycles. The number of hydrogen-bond donors (Lipinski definition) is 1. The molecule has 2 heterocycles. The Bertz CT molecular complexity index is 440. The zero-order chi connectivity index (χ0) is 14.4. The molecule has 0 radical (unpaired) electrons. The molecular weight excluding hydrogens is 381 g/mol. The second kappa shape index (κ2) is 9.24. The molecule has 1 aromatic rings. The maximum atomic E-state index is 5.68. The average molecular weight is 407 g/mol. The van der Waals surface area contributed by atoms with Gasteiger partial charge in [-0.1, -0.05) is 0 Å². The van der Waals surface area contributed by atoms with Crippen LogP contribution in [-0.2, 0) is 18.3 Å². The van der Waals surface area contributed by atoms with Crippen molar-refractivity contribution >= 4 is 29.9 Å². The molecule has 21 heavy (non-hydrogen) atoms. The lowest BCUT2D eigenvalue weighted by molar-refractivity contribution is 0.0263. The monoisotopic (exact) mass is 407 g/mol. The van der Waals surface area contributed by atoms with E-state index in [2.05, 4.69) is 27.2 Å². The summed E-state index contributed by atoms with van der Waals surface area (Å²) in [5, 5.41) is 7.57. The lowest BCUT2D eigenvalue weighted by atomic mass is 10.1. The lowest BCUT2D eigenvalue weighted by Crippen LogP contribution is -2.46. The highest BCUT2D eigenvalue weighted by molar-refractivity contribution is 14.0. The third-order valence-electron chi connectivity index (χ3n) is 3.56. The zero-order valence-electron chi connectivity index (χ0n) is 13.1. The number of aromatic nitrogens is 2. The molecule has 1 aromatic heterocycles. The number of likely N-dealkylation sites (tertiary alicyclic amines) is 1. The molecule has 1 aliphatic heterocycles. The number of piperidine rings is 1. The minimum absolute atomic E-state index is 0. The van der Waals surface area contributed by atoms with Gasteiger partial charge in [-0.25, -0.2) is 0 Å². The summed E-state index contributed by atoms with van der Waals surface area (Å²) in [6.45, 7) is 5.61. The Morgan fingerprint density at radius 3 is 2.71 bits per heavy atom. The fourth-order valence-electron chi connectivity index (χ4n) is 2.55. The van der Waals surface area contributed by atoms with Gasteiger partial charge in [0.15, 0.2) is 5.96 Å². The molecule has 0 spiro atoms.